The van der Waals surface area contributed by atoms with Crippen LogP contribution in [0.2, 0.25) is 0 Å². The molecule has 0 radical (unpaired) electrons. The van der Waals surface area contributed by atoms with Gasteiger partial charge in [0.15, 0.2) is 0 Å². The fraction of sp³-hybridized carbons (Fsp3) is 0.545. The van der Waals surface area contributed by atoms with Crippen molar-refractivity contribution in [1.29, 1.82) is 0 Å². The van der Waals surface area contributed by atoms with Crippen LogP contribution in [0.3, 0.4) is 0 Å². The zero-order valence-corrected chi connectivity index (χ0v) is 10.6. The van der Waals surface area contributed by atoms with Gasteiger partial charge in [0.05, 0.1) is 12.8 Å². The molecule has 1 aliphatic rings. The molecule has 6 heteroatoms. The number of sulfonamides is 1. The lowest BCUT2D eigenvalue weighted by Gasteiger charge is -2.15. The van der Waals surface area contributed by atoms with E-state index in [1.165, 1.54) is 10.5 Å². The third-order valence-electron chi connectivity index (χ3n) is 2.70. The summed E-state index contributed by atoms with van der Waals surface area (Å²) in [5, 5.41) is 0. The van der Waals surface area contributed by atoms with Crippen LogP contribution in [0.1, 0.15) is 19.8 Å². The van der Waals surface area contributed by atoms with Crippen molar-refractivity contribution < 1.29 is 13.2 Å². The number of hydrogen-bond donors (Lipinski definition) is 0. The topological polar surface area (TPSA) is 59.5 Å². The molecular formula is C11H16N2O3S. The lowest BCUT2D eigenvalue weighted by atomic mass is 10.4. The van der Waals surface area contributed by atoms with E-state index in [4.69, 9.17) is 4.74 Å². The molecule has 0 saturated carbocycles. The van der Waals surface area contributed by atoms with Gasteiger partial charge in [-0.1, -0.05) is 0 Å². The maximum Gasteiger partial charge on any atom is 0.244 e. The SMILES string of the molecule is CCOc1ccc(S(=O)(=O)N2CCCC2)cn1. The molecule has 1 aliphatic heterocycles. The molecular weight excluding hydrogens is 240 g/mol. The zero-order valence-electron chi connectivity index (χ0n) is 9.80. The molecule has 2 rings (SSSR count). The van der Waals surface area contributed by atoms with E-state index in [-0.39, 0.29) is 4.90 Å². The Morgan fingerprint density at radius 3 is 2.59 bits per heavy atom. The summed E-state index contributed by atoms with van der Waals surface area (Å²) in [6.07, 6.45) is 3.23. The van der Waals surface area contributed by atoms with Gasteiger partial charge in [0.25, 0.3) is 0 Å². The Kier molecular flexibility index (Phi) is 3.63. The highest BCUT2D eigenvalue weighted by atomic mass is 32.2. The van der Waals surface area contributed by atoms with E-state index in [0.717, 1.165) is 12.8 Å². The predicted molar refractivity (Wildman–Crippen MR) is 63.4 cm³/mol. The van der Waals surface area contributed by atoms with Gasteiger partial charge >= 0.3 is 0 Å². The second kappa shape index (κ2) is 5.01. The molecule has 0 aromatic carbocycles. The average molecular weight is 256 g/mol. The third kappa shape index (κ3) is 2.58. The molecule has 17 heavy (non-hydrogen) atoms. The molecule has 0 spiro atoms. The van der Waals surface area contributed by atoms with Crippen molar-refractivity contribution in [2.24, 2.45) is 0 Å². The Hall–Kier alpha value is -1.14. The Bertz CT molecular complexity index is 464. The highest BCUT2D eigenvalue weighted by Crippen LogP contribution is 2.21. The maximum absolute atomic E-state index is 12.1. The molecule has 0 amide bonds. The highest BCUT2D eigenvalue weighted by molar-refractivity contribution is 7.89. The molecule has 0 N–H and O–H groups in total. The summed E-state index contributed by atoms with van der Waals surface area (Å²) in [4.78, 5) is 4.22. The van der Waals surface area contributed by atoms with E-state index in [1.54, 1.807) is 12.1 Å². The minimum absolute atomic E-state index is 0.239. The fourth-order valence-electron chi connectivity index (χ4n) is 1.83. The second-order valence-corrected chi connectivity index (χ2v) is 5.81. The molecule has 0 atom stereocenters. The quantitative estimate of drug-likeness (QED) is 0.814. The van der Waals surface area contributed by atoms with Gasteiger partial charge in [-0.15, -0.1) is 0 Å². The average Bonchev–Trinajstić information content (AvgIpc) is 2.84. The first-order valence-electron chi connectivity index (χ1n) is 5.73. The first kappa shape index (κ1) is 12.3. The molecule has 1 saturated heterocycles. The van der Waals surface area contributed by atoms with Crippen molar-refractivity contribution in [3.8, 4) is 5.88 Å². The largest absolute Gasteiger partial charge is 0.478 e. The number of aromatic nitrogens is 1. The van der Waals surface area contributed by atoms with Gasteiger partial charge < -0.3 is 4.74 Å². The van der Waals surface area contributed by atoms with Gasteiger partial charge in [-0.05, 0) is 25.8 Å². The Morgan fingerprint density at radius 1 is 1.35 bits per heavy atom. The minimum atomic E-state index is -3.36. The molecule has 2 heterocycles. The predicted octanol–water partition coefficient (Wildman–Crippen LogP) is 1.26. The molecule has 0 bridgehead atoms. The lowest BCUT2D eigenvalue weighted by molar-refractivity contribution is 0.326. The summed E-state index contributed by atoms with van der Waals surface area (Å²) in [6, 6.07) is 3.14. The molecule has 1 aromatic heterocycles. The highest BCUT2D eigenvalue weighted by Gasteiger charge is 2.27. The molecule has 94 valence electrons. The smallest absolute Gasteiger partial charge is 0.244 e. The van der Waals surface area contributed by atoms with E-state index in [9.17, 15) is 8.42 Å². The first-order valence-corrected chi connectivity index (χ1v) is 7.17. The van der Waals surface area contributed by atoms with E-state index < -0.39 is 10.0 Å². The number of rotatable bonds is 4. The van der Waals surface area contributed by atoms with Gasteiger partial charge in [-0.25, -0.2) is 13.4 Å². The van der Waals surface area contributed by atoms with Gasteiger partial charge in [0.2, 0.25) is 15.9 Å². The summed E-state index contributed by atoms with van der Waals surface area (Å²) in [5.41, 5.74) is 0. The number of nitrogens with zero attached hydrogens (tertiary/aromatic N) is 2. The second-order valence-electron chi connectivity index (χ2n) is 3.88. The summed E-state index contributed by atoms with van der Waals surface area (Å²) >= 11 is 0. The van der Waals surface area contributed by atoms with Gasteiger partial charge in [0.1, 0.15) is 4.90 Å². The van der Waals surface area contributed by atoms with Crippen molar-refractivity contribution in [1.82, 2.24) is 9.29 Å². The van der Waals surface area contributed by atoms with Crippen LogP contribution in [0, 0.1) is 0 Å². The van der Waals surface area contributed by atoms with Crippen molar-refractivity contribution in [2.75, 3.05) is 19.7 Å². The number of ether oxygens (including phenoxy) is 1. The summed E-state index contributed by atoms with van der Waals surface area (Å²) in [7, 11) is -3.36. The zero-order chi connectivity index (χ0) is 12.3. The Morgan fingerprint density at radius 2 is 2.06 bits per heavy atom. The first-order chi connectivity index (χ1) is 8.14. The van der Waals surface area contributed by atoms with E-state index >= 15 is 0 Å². The summed E-state index contributed by atoms with van der Waals surface area (Å²) < 4.78 is 31.0. The van der Waals surface area contributed by atoms with Gasteiger partial charge in [-0.2, -0.15) is 4.31 Å². The third-order valence-corrected chi connectivity index (χ3v) is 4.59. The summed E-state index contributed by atoms with van der Waals surface area (Å²) in [5.74, 6) is 0.452. The van der Waals surface area contributed by atoms with Crippen LogP contribution < -0.4 is 4.74 Å². The van der Waals surface area contributed by atoms with Crippen LogP contribution in [0.15, 0.2) is 23.2 Å². The van der Waals surface area contributed by atoms with Crippen LogP contribution in [0.5, 0.6) is 5.88 Å². The Balaban J connectivity index is 2.21. The molecule has 0 aliphatic carbocycles. The Labute approximate surface area is 101 Å². The minimum Gasteiger partial charge on any atom is -0.478 e. The normalized spacial score (nSPS) is 17.2. The van der Waals surface area contributed by atoms with Crippen LogP contribution >= 0.6 is 0 Å². The molecule has 5 nitrogen and oxygen atoms in total. The van der Waals surface area contributed by atoms with E-state index in [2.05, 4.69) is 4.98 Å². The number of pyridine rings is 1. The van der Waals surface area contributed by atoms with Crippen LogP contribution in [0.4, 0.5) is 0 Å². The van der Waals surface area contributed by atoms with Gasteiger partial charge in [0, 0.05) is 19.2 Å². The van der Waals surface area contributed by atoms with Crippen LogP contribution in [-0.2, 0) is 10.0 Å². The molecule has 1 fully saturated rings. The van der Waals surface area contributed by atoms with Gasteiger partial charge in [-0.3, -0.25) is 0 Å². The van der Waals surface area contributed by atoms with Crippen molar-refractivity contribution >= 4 is 10.0 Å². The van der Waals surface area contributed by atoms with E-state index in [0.29, 0.717) is 25.6 Å². The van der Waals surface area contributed by atoms with Crippen molar-refractivity contribution in [3.05, 3.63) is 18.3 Å². The van der Waals surface area contributed by atoms with Crippen molar-refractivity contribution in [3.63, 3.8) is 0 Å². The van der Waals surface area contributed by atoms with Crippen LogP contribution in [0.25, 0.3) is 0 Å². The molecule has 1 aromatic rings. The monoisotopic (exact) mass is 256 g/mol. The lowest BCUT2D eigenvalue weighted by Crippen LogP contribution is -2.27. The maximum atomic E-state index is 12.1. The van der Waals surface area contributed by atoms with E-state index in [1.807, 2.05) is 6.92 Å². The molecule has 0 unspecified atom stereocenters. The number of hydrogen-bond acceptors (Lipinski definition) is 4. The summed E-state index contributed by atoms with van der Waals surface area (Å²) in [6.45, 7) is 3.59. The standard InChI is InChI=1S/C11H16N2O3S/c1-2-16-11-6-5-10(9-12-11)17(14,15)13-7-3-4-8-13/h5-6,9H,2-4,7-8H2,1H3. The van der Waals surface area contributed by atoms with Crippen molar-refractivity contribution in [2.45, 2.75) is 24.7 Å². The van der Waals surface area contributed by atoms with Crippen LogP contribution in [-0.4, -0.2) is 37.4 Å². The fourth-order valence-corrected chi connectivity index (χ4v) is 3.29.